The van der Waals surface area contributed by atoms with E-state index < -0.39 is 6.04 Å². The molecule has 1 aliphatic rings. The van der Waals surface area contributed by atoms with E-state index in [1.165, 1.54) is 6.20 Å². The lowest BCUT2D eigenvalue weighted by Crippen LogP contribution is -2.33. The first kappa shape index (κ1) is 25.8. The molecule has 9 nitrogen and oxygen atoms in total. The highest BCUT2D eigenvalue weighted by molar-refractivity contribution is 5.95. The van der Waals surface area contributed by atoms with E-state index in [1.54, 1.807) is 24.5 Å². The molecule has 1 aromatic carbocycles. The van der Waals surface area contributed by atoms with Crippen LogP contribution in [0.25, 0.3) is 11.3 Å². The van der Waals surface area contributed by atoms with E-state index >= 15 is 0 Å². The number of nitrogens with two attached hydrogens (primary N) is 1. The molecule has 3 rings (SSSR count). The number of nitrogens with one attached hydrogen (secondary N) is 2. The van der Waals surface area contributed by atoms with Gasteiger partial charge in [0.05, 0.1) is 23.5 Å². The average molecular weight is 475 g/mol. The molecule has 1 aliphatic heterocycles. The summed E-state index contributed by atoms with van der Waals surface area (Å²) in [5, 5.41) is 15.1. The molecule has 0 aliphatic carbocycles. The number of nitriles is 1. The van der Waals surface area contributed by atoms with Crippen LogP contribution in [0.5, 0.6) is 0 Å². The fraction of sp³-hybridized carbons (Fsp3) is 0.423. The van der Waals surface area contributed by atoms with E-state index in [0.29, 0.717) is 29.7 Å². The third-order valence-electron chi connectivity index (χ3n) is 5.98. The molecule has 184 valence electrons. The normalized spacial score (nSPS) is 16.1. The molecule has 0 bridgehead atoms. The number of likely N-dealkylation sites (tertiary alicyclic amines) is 1. The van der Waals surface area contributed by atoms with Crippen LogP contribution in [0.3, 0.4) is 0 Å². The zero-order valence-corrected chi connectivity index (χ0v) is 20.7. The number of benzene rings is 1. The second-order valence-corrected chi connectivity index (χ2v) is 8.81. The van der Waals surface area contributed by atoms with Gasteiger partial charge in [0.15, 0.2) is 0 Å². The highest BCUT2D eigenvalue weighted by Gasteiger charge is 2.16. The molecule has 9 heteroatoms. The lowest BCUT2D eigenvalue weighted by atomic mass is 10.1. The first-order valence-electron chi connectivity index (χ1n) is 12.0. The van der Waals surface area contributed by atoms with Crippen molar-refractivity contribution < 1.29 is 4.79 Å². The Kier molecular flexibility index (Phi) is 9.32. The molecule has 2 aromatic rings. The Balaban J connectivity index is 1.69. The first-order chi connectivity index (χ1) is 16.9. The number of carbonyl (C=O) groups is 1. The number of amides is 1. The molecule has 0 radical (unpaired) electrons. The monoisotopic (exact) mass is 474 g/mol. The fourth-order valence-electron chi connectivity index (χ4n) is 3.85. The maximum Gasteiger partial charge on any atom is 0.252 e. The molecule has 1 saturated heterocycles. The van der Waals surface area contributed by atoms with Gasteiger partial charge in [0, 0.05) is 29.7 Å². The number of aromatic nitrogens is 2. The number of anilines is 1. The van der Waals surface area contributed by atoms with E-state index in [4.69, 9.17) is 5.73 Å². The second-order valence-electron chi connectivity index (χ2n) is 8.81. The van der Waals surface area contributed by atoms with Crippen LogP contribution in [0.15, 0.2) is 47.4 Å². The van der Waals surface area contributed by atoms with Crippen molar-refractivity contribution in [1.29, 1.82) is 5.26 Å². The Labute approximate surface area is 207 Å². The van der Waals surface area contributed by atoms with Gasteiger partial charge < -0.3 is 21.3 Å². The summed E-state index contributed by atoms with van der Waals surface area (Å²) >= 11 is 0. The largest absolute Gasteiger partial charge is 0.403 e. The molecular weight excluding hydrogens is 440 g/mol. The number of allylic oxidation sites excluding steroid dienone is 1. The van der Waals surface area contributed by atoms with Gasteiger partial charge in [0.2, 0.25) is 5.95 Å². The van der Waals surface area contributed by atoms with Gasteiger partial charge in [0.25, 0.3) is 5.91 Å². The molecule has 4 N–H and O–H groups in total. The number of aryl methyl sites for hydroxylation is 1. The molecule has 0 spiro atoms. The van der Waals surface area contributed by atoms with Gasteiger partial charge in [0.1, 0.15) is 6.04 Å². The van der Waals surface area contributed by atoms with Crippen molar-refractivity contribution in [1.82, 2.24) is 20.2 Å². The minimum absolute atomic E-state index is 0.264. The summed E-state index contributed by atoms with van der Waals surface area (Å²) in [6.07, 6.45) is 8.46. The summed E-state index contributed by atoms with van der Waals surface area (Å²) in [6, 6.07) is 9.08. The van der Waals surface area contributed by atoms with Crippen LogP contribution >= 0.6 is 0 Å². The van der Waals surface area contributed by atoms with Crippen LogP contribution in [0.1, 0.15) is 48.5 Å². The van der Waals surface area contributed by atoms with Crippen molar-refractivity contribution in [2.45, 2.75) is 51.6 Å². The molecule has 1 aromatic heterocycles. The summed E-state index contributed by atoms with van der Waals surface area (Å²) in [5.74, 6) is 0.148. The Morgan fingerprint density at radius 1 is 1.34 bits per heavy atom. The van der Waals surface area contributed by atoms with Gasteiger partial charge in [-0.15, -0.1) is 0 Å². The van der Waals surface area contributed by atoms with Gasteiger partial charge in [-0.05, 0) is 64.0 Å². The SMILES string of the molecule is CCC[C@@H](C#N)NC(=O)c1ccc(-c2nc(N/C(C=NC3CCN(C)CC3)=C/N)ncc2C)cc1. The van der Waals surface area contributed by atoms with Crippen molar-refractivity contribution >= 4 is 18.1 Å². The van der Waals surface area contributed by atoms with Gasteiger partial charge >= 0.3 is 0 Å². The van der Waals surface area contributed by atoms with Gasteiger partial charge in [-0.3, -0.25) is 9.79 Å². The molecule has 1 amide bonds. The maximum absolute atomic E-state index is 12.5. The first-order valence-corrected chi connectivity index (χ1v) is 12.0. The van der Waals surface area contributed by atoms with Crippen molar-refractivity contribution in [2.24, 2.45) is 10.7 Å². The summed E-state index contributed by atoms with van der Waals surface area (Å²) in [6.45, 7) is 6.00. The number of hydrogen-bond donors (Lipinski definition) is 3. The summed E-state index contributed by atoms with van der Waals surface area (Å²) in [5.41, 5.74) is 9.44. The predicted molar refractivity (Wildman–Crippen MR) is 139 cm³/mol. The molecule has 0 saturated carbocycles. The average Bonchev–Trinajstić information content (AvgIpc) is 2.88. The number of aliphatic imine (C=N–C) groups is 1. The lowest BCUT2D eigenvalue weighted by Gasteiger charge is -2.26. The van der Waals surface area contributed by atoms with Crippen LogP contribution in [0, 0.1) is 18.3 Å². The number of carbonyl (C=O) groups excluding carboxylic acids is 1. The van der Waals surface area contributed by atoms with Crippen LogP contribution < -0.4 is 16.4 Å². The maximum atomic E-state index is 12.5. The quantitative estimate of drug-likeness (QED) is 0.475. The second kappa shape index (κ2) is 12.6. The number of piperidine rings is 1. The van der Waals surface area contributed by atoms with E-state index in [2.05, 4.69) is 43.6 Å². The van der Waals surface area contributed by atoms with Crippen LogP contribution in [0.2, 0.25) is 0 Å². The lowest BCUT2D eigenvalue weighted by molar-refractivity contribution is 0.0944. The minimum Gasteiger partial charge on any atom is -0.403 e. The van der Waals surface area contributed by atoms with E-state index in [0.717, 1.165) is 49.2 Å². The van der Waals surface area contributed by atoms with Crippen LogP contribution in [-0.2, 0) is 0 Å². The van der Waals surface area contributed by atoms with E-state index in [-0.39, 0.29) is 5.91 Å². The number of hydrogen-bond acceptors (Lipinski definition) is 8. The molecule has 2 heterocycles. The number of nitrogens with zero attached hydrogens (tertiary/aromatic N) is 5. The molecular formula is C26H34N8O. The van der Waals surface area contributed by atoms with Crippen molar-refractivity contribution in [3.05, 3.63) is 53.5 Å². The van der Waals surface area contributed by atoms with E-state index in [1.807, 2.05) is 26.0 Å². The fourth-order valence-corrected chi connectivity index (χ4v) is 3.85. The van der Waals surface area contributed by atoms with Crippen LogP contribution in [-0.4, -0.2) is 59.2 Å². The molecule has 1 fully saturated rings. The molecule has 1 atom stereocenters. The van der Waals surface area contributed by atoms with Gasteiger partial charge in [-0.2, -0.15) is 5.26 Å². The zero-order chi connectivity index (χ0) is 25.2. The van der Waals surface area contributed by atoms with Gasteiger partial charge in [-0.1, -0.05) is 25.5 Å². The van der Waals surface area contributed by atoms with Crippen molar-refractivity contribution in [2.75, 3.05) is 25.5 Å². The Morgan fingerprint density at radius 3 is 2.69 bits per heavy atom. The summed E-state index contributed by atoms with van der Waals surface area (Å²) in [7, 11) is 2.12. The molecule has 35 heavy (non-hydrogen) atoms. The topological polar surface area (TPSA) is 132 Å². The smallest absolute Gasteiger partial charge is 0.252 e. The van der Waals surface area contributed by atoms with Crippen molar-refractivity contribution in [3.63, 3.8) is 0 Å². The molecule has 0 unspecified atom stereocenters. The minimum atomic E-state index is -0.488. The predicted octanol–water partition coefficient (Wildman–Crippen LogP) is 3.25. The third-order valence-corrected chi connectivity index (χ3v) is 5.98. The highest BCUT2D eigenvalue weighted by atomic mass is 16.1. The Bertz CT molecular complexity index is 1100. The third kappa shape index (κ3) is 7.36. The summed E-state index contributed by atoms with van der Waals surface area (Å²) in [4.78, 5) is 28.5. The highest BCUT2D eigenvalue weighted by Crippen LogP contribution is 2.23. The Morgan fingerprint density at radius 2 is 2.06 bits per heavy atom. The summed E-state index contributed by atoms with van der Waals surface area (Å²) < 4.78 is 0. The number of rotatable bonds is 9. The van der Waals surface area contributed by atoms with Crippen LogP contribution in [0.4, 0.5) is 5.95 Å². The Hall–Kier alpha value is -3.77. The van der Waals surface area contributed by atoms with E-state index in [9.17, 15) is 10.1 Å². The standard InChI is InChI=1S/C26H34N8O/c1-4-5-22(14-27)31-25(35)20-8-6-19(7-9-20)24-18(2)16-30-26(33-24)32-23(15-28)17-29-21-10-12-34(3)13-11-21/h6-9,15-17,21-22H,4-5,10-13,28H2,1-3H3,(H,31,35)(H,30,32,33)/b23-15+,29-17?/t22-/m0/s1. The van der Waals surface area contributed by atoms with Gasteiger partial charge in [-0.25, -0.2) is 9.97 Å². The van der Waals surface area contributed by atoms with Crippen molar-refractivity contribution in [3.8, 4) is 17.3 Å². The zero-order valence-electron chi connectivity index (χ0n) is 20.7.